The maximum absolute atomic E-state index is 14.4. The van der Waals surface area contributed by atoms with Crippen LogP contribution in [0, 0.1) is 15.9 Å². The van der Waals surface area contributed by atoms with Gasteiger partial charge in [0.2, 0.25) is 5.91 Å². The lowest BCUT2D eigenvalue weighted by molar-refractivity contribution is -0.384. The number of amides is 1. The Hall–Kier alpha value is -5.51. The summed E-state index contributed by atoms with van der Waals surface area (Å²) in [4.78, 5) is 27.6. The first-order chi connectivity index (χ1) is 22.7. The molecule has 4 aromatic rings. The summed E-state index contributed by atoms with van der Waals surface area (Å²) >= 11 is 0. The number of nitro groups is 1. The van der Waals surface area contributed by atoms with Crippen LogP contribution in [0.3, 0.4) is 0 Å². The summed E-state index contributed by atoms with van der Waals surface area (Å²) in [5.74, 6) is 1.49. The third-order valence-corrected chi connectivity index (χ3v) is 8.23. The molecule has 0 spiro atoms. The quantitative estimate of drug-likeness (QED) is 0.0847. The minimum atomic E-state index is -0.443. The van der Waals surface area contributed by atoms with Crippen molar-refractivity contribution in [3.05, 3.63) is 140 Å². The van der Waals surface area contributed by atoms with E-state index in [9.17, 15) is 19.3 Å². The van der Waals surface area contributed by atoms with Crippen LogP contribution in [0.5, 0.6) is 11.5 Å². The molecule has 1 aromatic heterocycles. The van der Waals surface area contributed by atoms with Crippen molar-refractivity contribution in [2.24, 2.45) is 0 Å². The number of nitrogens with zero attached hydrogens (tertiary/aromatic N) is 2. The number of allylic oxidation sites excluding steroid dienone is 4. The number of benzene rings is 3. The van der Waals surface area contributed by atoms with E-state index >= 15 is 0 Å². The van der Waals surface area contributed by atoms with E-state index in [1.807, 2.05) is 46.0 Å². The lowest BCUT2D eigenvalue weighted by atomic mass is 9.85. The van der Waals surface area contributed by atoms with Crippen LogP contribution in [0.2, 0.25) is 0 Å². The van der Waals surface area contributed by atoms with E-state index in [0.717, 1.165) is 61.5 Å². The molecule has 0 aliphatic heterocycles. The van der Waals surface area contributed by atoms with Crippen LogP contribution >= 0.6 is 0 Å². The van der Waals surface area contributed by atoms with E-state index in [1.54, 1.807) is 37.7 Å². The average Bonchev–Trinajstić information content (AvgIpc) is 3.31. The van der Waals surface area contributed by atoms with Gasteiger partial charge >= 0.3 is 0 Å². The zero-order valence-electron chi connectivity index (χ0n) is 26.8. The van der Waals surface area contributed by atoms with Crippen molar-refractivity contribution >= 4 is 42.1 Å². The molecule has 1 aliphatic carbocycles. The molecule has 0 radical (unpaired) electrons. The minimum absolute atomic E-state index is 0.00672. The Kier molecular flexibility index (Phi) is 10.3. The number of methoxy groups -OCH3 is 1. The molecule has 0 unspecified atom stereocenters. The highest BCUT2D eigenvalue weighted by molar-refractivity contribution is 6.33. The Morgan fingerprint density at radius 3 is 2.57 bits per heavy atom. The monoisotopic (exact) mass is 631 g/mol. The van der Waals surface area contributed by atoms with Gasteiger partial charge < -0.3 is 14.8 Å². The summed E-state index contributed by atoms with van der Waals surface area (Å²) in [6.07, 6.45) is 8.70. The fourth-order valence-corrected chi connectivity index (χ4v) is 5.76. The van der Waals surface area contributed by atoms with E-state index in [0.29, 0.717) is 25.1 Å². The normalized spacial score (nSPS) is 13.4. The van der Waals surface area contributed by atoms with Gasteiger partial charge in [0.1, 0.15) is 30.9 Å². The average molecular weight is 632 g/mol. The highest BCUT2D eigenvalue weighted by Crippen LogP contribution is 2.44. The molecule has 8 nitrogen and oxygen atoms in total. The van der Waals surface area contributed by atoms with Crippen molar-refractivity contribution in [1.29, 1.82) is 0 Å². The van der Waals surface area contributed by atoms with Crippen molar-refractivity contribution in [2.45, 2.75) is 39.7 Å². The zero-order valence-corrected chi connectivity index (χ0v) is 26.8. The molecule has 1 aliphatic rings. The van der Waals surface area contributed by atoms with Crippen molar-refractivity contribution in [3.8, 4) is 11.5 Å². The van der Waals surface area contributed by atoms with Crippen molar-refractivity contribution < 1.29 is 23.6 Å². The number of hydrogen-bond donors (Lipinski definition) is 1. The number of nitro benzene ring substituents is 1. The van der Waals surface area contributed by atoms with Gasteiger partial charge in [-0.05, 0) is 113 Å². The molecule has 0 bridgehead atoms. The van der Waals surface area contributed by atoms with Gasteiger partial charge in [0.15, 0.2) is 0 Å². The summed E-state index contributed by atoms with van der Waals surface area (Å²) in [6, 6.07) is 18.5. The lowest BCUT2D eigenvalue weighted by Gasteiger charge is -2.16. The van der Waals surface area contributed by atoms with Crippen LogP contribution in [-0.2, 0) is 17.8 Å². The SMILES string of the molecule is Bc1cc(/C=C2/C(C)=C(CC(=O)NCc3cccnc3)c3cc(F)ccc32)cc(OC)c1CCC(=CC)Oc1ccc([N+](=O)[O-])cc1. The van der Waals surface area contributed by atoms with Gasteiger partial charge in [0.25, 0.3) is 5.69 Å². The number of halogens is 1. The second kappa shape index (κ2) is 14.7. The number of carbonyl (C=O) groups excluding carboxylic acids is 1. The summed E-state index contributed by atoms with van der Waals surface area (Å²) in [5.41, 5.74) is 8.14. The van der Waals surface area contributed by atoms with Crippen LogP contribution in [0.25, 0.3) is 17.2 Å². The first-order valence-electron chi connectivity index (χ1n) is 15.3. The maximum atomic E-state index is 14.4. The fraction of sp³-hybridized carbons (Fsp3) is 0.189. The molecule has 3 aromatic carbocycles. The Morgan fingerprint density at radius 2 is 1.89 bits per heavy atom. The predicted octanol–water partition coefficient (Wildman–Crippen LogP) is 6.35. The Morgan fingerprint density at radius 1 is 1.11 bits per heavy atom. The Balaban J connectivity index is 1.36. The molecular weight excluding hydrogens is 596 g/mol. The first-order valence-corrected chi connectivity index (χ1v) is 15.3. The number of hydrogen-bond acceptors (Lipinski definition) is 6. The highest BCUT2D eigenvalue weighted by Gasteiger charge is 2.26. The fourth-order valence-electron chi connectivity index (χ4n) is 5.76. The van der Waals surface area contributed by atoms with Crippen LogP contribution in [0.1, 0.15) is 54.5 Å². The molecule has 0 saturated carbocycles. The number of pyridine rings is 1. The van der Waals surface area contributed by atoms with Gasteiger partial charge in [-0.1, -0.05) is 23.7 Å². The van der Waals surface area contributed by atoms with Gasteiger partial charge in [0, 0.05) is 37.5 Å². The van der Waals surface area contributed by atoms with Gasteiger partial charge in [-0.25, -0.2) is 4.39 Å². The number of non-ortho nitro benzene ring substituents is 1. The van der Waals surface area contributed by atoms with Gasteiger partial charge in [0.05, 0.1) is 18.5 Å². The van der Waals surface area contributed by atoms with E-state index in [-0.39, 0.29) is 23.8 Å². The molecule has 1 heterocycles. The number of nitrogens with one attached hydrogen (secondary N) is 1. The molecule has 10 heteroatoms. The second-order valence-electron chi connectivity index (χ2n) is 11.3. The van der Waals surface area contributed by atoms with E-state index in [2.05, 4.69) is 22.4 Å². The van der Waals surface area contributed by atoms with Crippen molar-refractivity contribution in [1.82, 2.24) is 10.3 Å². The van der Waals surface area contributed by atoms with Gasteiger partial charge in [-0.2, -0.15) is 0 Å². The molecule has 0 fully saturated rings. The molecule has 0 saturated heterocycles. The Labute approximate surface area is 274 Å². The molecule has 238 valence electrons. The summed E-state index contributed by atoms with van der Waals surface area (Å²) < 4.78 is 26.3. The third-order valence-electron chi connectivity index (χ3n) is 8.23. The zero-order chi connectivity index (χ0) is 33.5. The third kappa shape index (κ3) is 7.84. The number of aromatic nitrogens is 1. The topological polar surface area (TPSA) is 104 Å². The standard InChI is InChI=1S/C37H35BFN3O5/c1-4-28(47-29-10-8-27(9-11-29)42(44)45)12-14-31-35(38)17-25(18-36(31)46-3)16-32-23(2)33(34-19-26(39)7-13-30(32)34)20-37(43)41-22-24-6-5-15-40-21-24/h4-11,13,15-19,21H,12,14,20,22,38H2,1-3H3,(H,41,43)/b28-4?,32-16-. The van der Waals surface area contributed by atoms with Gasteiger partial charge in [-0.3, -0.25) is 19.9 Å². The molecule has 47 heavy (non-hydrogen) atoms. The molecule has 0 atom stereocenters. The smallest absolute Gasteiger partial charge is 0.269 e. The number of rotatable bonds is 12. The number of fused-ring (bicyclic) bond motifs is 1. The van der Waals surface area contributed by atoms with Gasteiger partial charge in [-0.15, -0.1) is 0 Å². The maximum Gasteiger partial charge on any atom is 0.269 e. The molecule has 5 rings (SSSR count). The van der Waals surface area contributed by atoms with E-state index < -0.39 is 4.92 Å². The van der Waals surface area contributed by atoms with Crippen molar-refractivity contribution in [2.75, 3.05) is 7.11 Å². The van der Waals surface area contributed by atoms with Crippen LogP contribution < -0.4 is 20.3 Å². The Bertz CT molecular complexity index is 1900. The second-order valence-corrected chi connectivity index (χ2v) is 11.3. The largest absolute Gasteiger partial charge is 0.496 e. The summed E-state index contributed by atoms with van der Waals surface area (Å²) in [7, 11) is 3.67. The summed E-state index contributed by atoms with van der Waals surface area (Å²) in [6.45, 7) is 4.22. The molecular formula is C37H35BFN3O5. The predicted molar refractivity (Wildman–Crippen MR) is 185 cm³/mol. The molecule has 1 amide bonds. The number of ether oxygens (including phenoxy) is 2. The van der Waals surface area contributed by atoms with E-state index in [4.69, 9.17) is 9.47 Å². The van der Waals surface area contributed by atoms with Crippen LogP contribution in [-0.4, -0.2) is 30.8 Å². The van der Waals surface area contributed by atoms with Crippen molar-refractivity contribution in [3.63, 3.8) is 0 Å². The van der Waals surface area contributed by atoms with Crippen LogP contribution in [0.4, 0.5) is 10.1 Å². The lowest BCUT2D eigenvalue weighted by Crippen LogP contribution is -2.22. The summed E-state index contributed by atoms with van der Waals surface area (Å²) in [5, 5.41) is 13.9. The minimum Gasteiger partial charge on any atom is -0.496 e. The number of carbonyl (C=O) groups is 1. The molecule has 1 N–H and O–H groups in total. The highest BCUT2D eigenvalue weighted by atomic mass is 19.1. The van der Waals surface area contributed by atoms with E-state index in [1.165, 1.54) is 24.3 Å². The first kappa shape index (κ1) is 32.9. The van der Waals surface area contributed by atoms with Crippen LogP contribution in [0.15, 0.2) is 96.5 Å².